The molecule has 1 fully saturated rings. The maximum absolute atomic E-state index is 10.8. The number of hydrogen-bond donors (Lipinski definition) is 2. The van der Waals surface area contributed by atoms with Crippen molar-refractivity contribution in [3.63, 3.8) is 0 Å². The Bertz CT molecular complexity index is 1040. The fraction of sp³-hybridized carbons (Fsp3) is 0.455. The summed E-state index contributed by atoms with van der Waals surface area (Å²) in [6.45, 7) is 0.592. The molecular weight excluding hydrogens is 418 g/mol. The first-order valence-electron chi connectivity index (χ1n) is 10.3. The van der Waals surface area contributed by atoms with E-state index in [0.717, 1.165) is 22.4 Å². The number of hydrogen-bond acceptors (Lipinski definition) is 8. The Morgan fingerprint density at radius 1 is 1.12 bits per heavy atom. The number of azide groups is 1. The predicted octanol–water partition coefficient (Wildman–Crippen LogP) is 2.41. The van der Waals surface area contributed by atoms with Crippen molar-refractivity contribution < 1.29 is 33.9 Å². The molecular formula is C22H23N3O7. The first kappa shape index (κ1) is 20.9. The van der Waals surface area contributed by atoms with E-state index in [0.29, 0.717) is 11.5 Å². The van der Waals surface area contributed by atoms with Gasteiger partial charge in [-0.1, -0.05) is 17.2 Å². The van der Waals surface area contributed by atoms with E-state index in [2.05, 4.69) is 10.0 Å². The van der Waals surface area contributed by atoms with Crippen LogP contribution in [0.1, 0.15) is 22.6 Å². The second-order valence-electron chi connectivity index (χ2n) is 8.01. The minimum Gasteiger partial charge on any atom is -0.497 e. The van der Waals surface area contributed by atoms with Crippen LogP contribution < -0.4 is 14.2 Å². The molecule has 0 saturated heterocycles. The predicted molar refractivity (Wildman–Crippen MR) is 110 cm³/mol. The van der Waals surface area contributed by atoms with Crippen molar-refractivity contribution in [3.05, 3.63) is 63.5 Å². The Kier molecular flexibility index (Phi) is 5.54. The Morgan fingerprint density at radius 2 is 1.88 bits per heavy atom. The van der Waals surface area contributed by atoms with E-state index >= 15 is 0 Å². The van der Waals surface area contributed by atoms with E-state index in [1.807, 2.05) is 36.4 Å². The molecule has 0 spiro atoms. The first-order chi connectivity index (χ1) is 15.6. The average Bonchev–Trinajstić information content (AvgIpc) is 3.28. The lowest BCUT2D eigenvalue weighted by Gasteiger charge is -2.48. The van der Waals surface area contributed by atoms with E-state index < -0.39 is 36.4 Å². The van der Waals surface area contributed by atoms with Crippen LogP contribution in [-0.2, 0) is 22.7 Å². The van der Waals surface area contributed by atoms with E-state index in [1.54, 1.807) is 7.11 Å². The second kappa shape index (κ2) is 8.50. The fourth-order valence-corrected chi connectivity index (χ4v) is 4.69. The zero-order chi connectivity index (χ0) is 22.2. The van der Waals surface area contributed by atoms with E-state index in [1.165, 1.54) is 0 Å². The number of rotatable bonds is 5. The van der Waals surface area contributed by atoms with Crippen LogP contribution in [-0.4, -0.2) is 54.6 Å². The standard InChI is InChI=1S/C22H23N3O7/c1-28-13-4-2-11(3-5-13)8-29-22-20(27)19(26)18(24-25-23)17-14-7-16-15(31-10-32-16)6-12(14)9-30-21(17)22/h2-7,17-22,26-27H,8-10H2,1H3/t17-,18-,19+,20+,21-,22-/m1/s1. The number of ether oxygens (including phenoxy) is 5. The van der Waals surface area contributed by atoms with Crippen LogP contribution in [0.25, 0.3) is 10.4 Å². The van der Waals surface area contributed by atoms with Crippen molar-refractivity contribution in [2.75, 3.05) is 13.9 Å². The fourth-order valence-electron chi connectivity index (χ4n) is 4.69. The van der Waals surface area contributed by atoms with Gasteiger partial charge in [-0.05, 0) is 46.5 Å². The summed E-state index contributed by atoms with van der Waals surface area (Å²) in [5, 5.41) is 25.5. The van der Waals surface area contributed by atoms with Gasteiger partial charge in [-0.2, -0.15) is 0 Å². The molecule has 2 aliphatic heterocycles. The number of methoxy groups -OCH3 is 1. The average molecular weight is 441 g/mol. The van der Waals surface area contributed by atoms with Gasteiger partial charge in [0.05, 0.1) is 38.6 Å². The Labute approximate surface area is 183 Å². The molecule has 0 aromatic heterocycles. The summed E-state index contributed by atoms with van der Waals surface area (Å²) >= 11 is 0. The summed E-state index contributed by atoms with van der Waals surface area (Å²) in [4.78, 5) is 2.91. The summed E-state index contributed by atoms with van der Waals surface area (Å²) in [6, 6.07) is 10.1. The molecule has 0 unspecified atom stereocenters. The van der Waals surface area contributed by atoms with Crippen LogP contribution in [0.4, 0.5) is 0 Å². The summed E-state index contributed by atoms with van der Waals surface area (Å²) in [6.07, 6.45) is -4.08. The van der Waals surface area contributed by atoms with Crippen molar-refractivity contribution in [2.24, 2.45) is 5.11 Å². The van der Waals surface area contributed by atoms with Gasteiger partial charge in [0.25, 0.3) is 0 Å². The first-order valence-corrected chi connectivity index (χ1v) is 10.3. The molecule has 6 atom stereocenters. The number of benzene rings is 2. The van der Waals surface area contributed by atoms with E-state index in [9.17, 15) is 10.2 Å². The van der Waals surface area contributed by atoms with Gasteiger partial charge < -0.3 is 33.9 Å². The maximum Gasteiger partial charge on any atom is 0.231 e. The van der Waals surface area contributed by atoms with Crippen LogP contribution in [0.2, 0.25) is 0 Å². The van der Waals surface area contributed by atoms with Crippen molar-refractivity contribution in [2.45, 2.75) is 49.6 Å². The molecule has 2 heterocycles. The molecule has 3 aliphatic rings. The SMILES string of the molecule is COc1ccc(CO[C@@H]2[C@@H](O)[C@@H](O)[C@H](N=[N+]=[N-])[C@H]3c4cc5c(cc4CO[C@@H]23)OCO5)cc1. The van der Waals surface area contributed by atoms with Gasteiger partial charge in [0, 0.05) is 10.8 Å². The Morgan fingerprint density at radius 3 is 2.59 bits per heavy atom. The van der Waals surface area contributed by atoms with Crippen LogP contribution in [0, 0.1) is 0 Å². The number of aliphatic hydroxyl groups excluding tert-OH is 2. The minimum atomic E-state index is -1.33. The highest BCUT2D eigenvalue weighted by Crippen LogP contribution is 2.47. The summed E-state index contributed by atoms with van der Waals surface area (Å²) in [5.41, 5.74) is 11.7. The largest absolute Gasteiger partial charge is 0.497 e. The smallest absolute Gasteiger partial charge is 0.231 e. The van der Waals surface area contributed by atoms with Gasteiger partial charge in [0.1, 0.15) is 18.0 Å². The molecule has 2 aromatic carbocycles. The van der Waals surface area contributed by atoms with E-state index in [-0.39, 0.29) is 20.0 Å². The maximum atomic E-state index is 10.8. The molecule has 0 radical (unpaired) electrons. The number of fused-ring (bicyclic) bond motifs is 4. The van der Waals surface area contributed by atoms with Crippen LogP contribution in [0.15, 0.2) is 41.5 Å². The van der Waals surface area contributed by atoms with Crippen molar-refractivity contribution in [1.29, 1.82) is 0 Å². The van der Waals surface area contributed by atoms with Gasteiger partial charge >= 0.3 is 0 Å². The zero-order valence-corrected chi connectivity index (χ0v) is 17.3. The lowest BCUT2D eigenvalue weighted by molar-refractivity contribution is -0.199. The third kappa shape index (κ3) is 3.52. The monoisotopic (exact) mass is 441 g/mol. The molecule has 2 aromatic rings. The number of nitrogens with zero attached hydrogens (tertiary/aromatic N) is 3. The third-order valence-electron chi connectivity index (χ3n) is 6.29. The lowest BCUT2D eigenvalue weighted by Crippen LogP contribution is -2.61. The molecule has 32 heavy (non-hydrogen) atoms. The van der Waals surface area contributed by atoms with Gasteiger partial charge in [0.2, 0.25) is 6.79 Å². The molecule has 2 N–H and O–H groups in total. The number of aliphatic hydroxyl groups is 2. The molecule has 10 nitrogen and oxygen atoms in total. The van der Waals surface area contributed by atoms with Crippen molar-refractivity contribution >= 4 is 0 Å². The quantitative estimate of drug-likeness (QED) is 0.413. The third-order valence-corrected chi connectivity index (χ3v) is 6.29. The lowest BCUT2D eigenvalue weighted by atomic mass is 9.71. The topological polar surface area (TPSA) is 135 Å². The highest BCUT2D eigenvalue weighted by molar-refractivity contribution is 5.51. The molecule has 5 rings (SSSR count). The molecule has 1 aliphatic carbocycles. The van der Waals surface area contributed by atoms with E-state index in [4.69, 9.17) is 29.2 Å². The summed E-state index contributed by atoms with van der Waals surface area (Å²) in [7, 11) is 1.59. The van der Waals surface area contributed by atoms with Crippen LogP contribution in [0.3, 0.4) is 0 Å². The molecule has 0 bridgehead atoms. The van der Waals surface area contributed by atoms with Crippen LogP contribution in [0.5, 0.6) is 17.2 Å². The molecule has 1 saturated carbocycles. The van der Waals surface area contributed by atoms with Crippen molar-refractivity contribution in [1.82, 2.24) is 0 Å². The van der Waals surface area contributed by atoms with Gasteiger partial charge in [0.15, 0.2) is 11.5 Å². The van der Waals surface area contributed by atoms with Crippen molar-refractivity contribution in [3.8, 4) is 17.2 Å². The summed E-state index contributed by atoms with van der Waals surface area (Å²) in [5.74, 6) is 1.41. The van der Waals surface area contributed by atoms with Gasteiger partial charge in [-0.3, -0.25) is 0 Å². The highest BCUT2D eigenvalue weighted by Gasteiger charge is 2.53. The Balaban J connectivity index is 1.46. The normalized spacial score (nSPS) is 30.1. The molecule has 10 heteroatoms. The van der Waals surface area contributed by atoms with Gasteiger partial charge in [-0.25, -0.2) is 0 Å². The molecule has 0 amide bonds. The Hall–Kier alpha value is -3.01. The highest BCUT2D eigenvalue weighted by atomic mass is 16.7. The van der Waals surface area contributed by atoms with Crippen LogP contribution >= 0.6 is 0 Å². The minimum absolute atomic E-state index is 0.127. The molecule has 168 valence electrons. The van der Waals surface area contributed by atoms with Gasteiger partial charge in [-0.15, -0.1) is 0 Å². The summed E-state index contributed by atoms with van der Waals surface area (Å²) < 4.78 is 28.3. The zero-order valence-electron chi connectivity index (χ0n) is 17.3. The second-order valence-corrected chi connectivity index (χ2v) is 8.01.